The van der Waals surface area contributed by atoms with E-state index in [0.29, 0.717) is 38.4 Å². The van der Waals surface area contributed by atoms with Gasteiger partial charge in [-0.1, -0.05) is 71.4 Å². The van der Waals surface area contributed by atoms with Crippen LogP contribution in [0.4, 0.5) is 0 Å². The maximum Gasteiger partial charge on any atom is 0.335 e. The lowest BCUT2D eigenvalue weighted by molar-refractivity contribution is 0.0697. The molecule has 8 heteroatoms. The number of nitrogens with zero attached hydrogens (tertiary/aromatic N) is 2. The molecule has 1 aromatic heterocycles. The largest absolute Gasteiger partial charge is 0.478 e. The van der Waals surface area contributed by atoms with E-state index in [0.717, 1.165) is 11.1 Å². The molecule has 31 heavy (non-hydrogen) atoms. The van der Waals surface area contributed by atoms with Gasteiger partial charge in [0.15, 0.2) is 5.16 Å². The first kappa shape index (κ1) is 21.4. The molecule has 0 bridgehead atoms. The normalized spacial score (nSPS) is 11.0. The number of thioether (sulfide) groups is 1. The van der Waals surface area contributed by atoms with Crippen molar-refractivity contribution in [2.24, 2.45) is 0 Å². The molecule has 0 atom stereocenters. The van der Waals surface area contributed by atoms with Crippen molar-refractivity contribution in [3.8, 4) is 0 Å². The summed E-state index contributed by atoms with van der Waals surface area (Å²) in [6.07, 6.45) is 0. The van der Waals surface area contributed by atoms with Gasteiger partial charge in [0.1, 0.15) is 0 Å². The van der Waals surface area contributed by atoms with E-state index in [1.165, 1.54) is 30.0 Å². The first-order chi connectivity index (χ1) is 14.9. The molecule has 0 unspecified atom stereocenters. The Bertz CT molecular complexity index is 1340. The molecule has 1 heterocycles. The Labute approximate surface area is 192 Å². The number of rotatable bonds is 6. The number of halogens is 2. The highest BCUT2D eigenvalue weighted by Crippen LogP contribution is 2.28. The molecule has 0 radical (unpaired) electrons. The van der Waals surface area contributed by atoms with Gasteiger partial charge in [-0.15, -0.1) is 0 Å². The van der Waals surface area contributed by atoms with Crippen LogP contribution in [0.2, 0.25) is 10.0 Å². The molecule has 3 aromatic carbocycles. The minimum absolute atomic E-state index is 0.0839. The Morgan fingerprint density at radius 1 is 0.968 bits per heavy atom. The number of fused-ring (bicyclic) bond motifs is 1. The Hall–Kier alpha value is -2.80. The van der Waals surface area contributed by atoms with Crippen LogP contribution in [0, 0.1) is 0 Å². The molecule has 0 saturated heterocycles. The van der Waals surface area contributed by atoms with Gasteiger partial charge in [-0.25, -0.2) is 9.78 Å². The molecule has 0 aliphatic carbocycles. The summed E-state index contributed by atoms with van der Waals surface area (Å²) < 4.78 is 1.61. The van der Waals surface area contributed by atoms with Gasteiger partial charge in [-0.3, -0.25) is 9.36 Å². The Balaban J connectivity index is 1.78. The number of carboxylic acid groups (broad SMARTS) is 1. The van der Waals surface area contributed by atoms with E-state index in [1.54, 1.807) is 16.7 Å². The van der Waals surface area contributed by atoms with Crippen molar-refractivity contribution >= 4 is 51.8 Å². The first-order valence-corrected chi connectivity index (χ1v) is 11.0. The average molecular weight is 471 g/mol. The zero-order valence-corrected chi connectivity index (χ0v) is 18.4. The molecule has 0 amide bonds. The van der Waals surface area contributed by atoms with Crippen LogP contribution in [0.15, 0.2) is 76.7 Å². The molecule has 0 aliphatic heterocycles. The third-order valence-corrected chi connectivity index (χ3v) is 6.49. The van der Waals surface area contributed by atoms with Crippen molar-refractivity contribution in [1.29, 1.82) is 0 Å². The zero-order chi connectivity index (χ0) is 22.0. The second kappa shape index (κ2) is 9.14. The van der Waals surface area contributed by atoms with Gasteiger partial charge in [-0.05, 0) is 41.5 Å². The fourth-order valence-electron chi connectivity index (χ4n) is 3.13. The van der Waals surface area contributed by atoms with Crippen LogP contribution < -0.4 is 5.56 Å². The van der Waals surface area contributed by atoms with Crippen LogP contribution in [0.1, 0.15) is 21.5 Å². The Kier molecular flexibility index (Phi) is 6.32. The Morgan fingerprint density at radius 2 is 1.74 bits per heavy atom. The highest BCUT2D eigenvalue weighted by molar-refractivity contribution is 7.98. The monoisotopic (exact) mass is 470 g/mol. The molecule has 4 aromatic rings. The maximum atomic E-state index is 13.3. The fraction of sp³-hybridized carbons (Fsp3) is 0.0870. The van der Waals surface area contributed by atoms with Crippen molar-refractivity contribution in [1.82, 2.24) is 9.55 Å². The minimum Gasteiger partial charge on any atom is -0.478 e. The lowest BCUT2D eigenvalue weighted by Crippen LogP contribution is -2.24. The van der Waals surface area contributed by atoms with Crippen LogP contribution >= 0.6 is 35.0 Å². The van der Waals surface area contributed by atoms with E-state index in [1.807, 2.05) is 36.4 Å². The van der Waals surface area contributed by atoms with Gasteiger partial charge in [0.2, 0.25) is 0 Å². The fourth-order valence-corrected chi connectivity index (χ4v) is 4.39. The van der Waals surface area contributed by atoms with E-state index in [9.17, 15) is 14.7 Å². The molecule has 0 saturated carbocycles. The van der Waals surface area contributed by atoms with E-state index >= 15 is 0 Å². The van der Waals surface area contributed by atoms with Gasteiger partial charge in [0, 0.05) is 5.75 Å². The van der Waals surface area contributed by atoms with Gasteiger partial charge in [0.25, 0.3) is 5.56 Å². The second-order valence-electron chi connectivity index (χ2n) is 6.85. The summed E-state index contributed by atoms with van der Waals surface area (Å²) in [5, 5.41) is 11.1. The van der Waals surface area contributed by atoms with Crippen LogP contribution in [-0.2, 0) is 12.3 Å². The molecule has 0 aliphatic rings. The molecular formula is C23H16Cl2N2O3S. The zero-order valence-electron chi connectivity index (χ0n) is 16.1. The summed E-state index contributed by atoms with van der Waals surface area (Å²) in [6, 6.07) is 19.4. The predicted octanol–water partition coefficient (Wildman–Crippen LogP) is 5.74. The molecule has 0 spiro atoms. The van der Waals surface area contributed by atoms with Crippen LogP contribution in [0.5, 0.6) is 0 Å². The molecule has 5 nitrogen and oxygen atoms in total. The molecule has 1 N–H and O–H groups in total. The van der Waals surface area contributed by atoms with E-state index in [4.69, 9.17) is 23.2 Å². The summed E-state index contributed by atoms with van der Waals surface area (Å²) in [5.41, 5.74) is 2.11. The maximum absolute atomic E-state index is 13.3. The van der Waals surface area contributed by atoms with Crippen LogP contribution in [0.3, 0.4) is 0 Å². The third kappa shape index (κ3) is 4.77. The number of hydrogen-bond acceptors (Lipinski definition) is 4. The number of hydrogen-bond donors (Lipinski definition) is 1. The Morgan fingerprint density at radius 3 is 2.45 bits per heavy atom. The van der Waals surface area contributed by atoms with Crippen LogP contribution in [0.25, 0.3) is 10.9 Å². The van der Waals surface area contributed by atoms with E-state index < -0.39 is 5.97 Å². The van der Waals surface area contributed by atoms with E-state index in [-0.39, 0.29) is 11.1 Å². The van der Waals surface area contributed by atoms with E-state index in [2.05, 4.69) is 4.98 Å². The van der Waals surface area contributed by atoms with Crippen molar-refractivity contribution in [2.45, 2.75) is 17.5 Å². The number of carboxylic acids is 1. The summed E-state index contributed by atoms with van der Waals surface area (Å²) >= 11 is 13.5. The number of aromatic carboxylic acids is 1. The predicted molar refractivity (Wildman–Crippen MR) is 125 cm³/mol. The summed E-state index contributed by atoms with van der Waals surface area (Å²) in [7, 11) is 0. The number of aromatic nitrogens is 2. The van der Waals surface area contributed by atoms with Gasteiger partial charge < -0.3 is 5.11 Å². The van der Waals surface area contributed by atoms with Gasteiger partial charge in [-0.2, -0.15) is 0 Å². The summed E-state index contributed by atoms with van der Waals surface area (Å²) in [5.74, 6) is -0.551. The van der Waals surface area contributed by atoms with Crippen molar-refractivity contribution in [2.75, 3.05) is 0 Å². The van der Waals surface area contributed by atoms with Crippen molar-refractivity contribution in [3.05, 3.63) is 104 Å². The molecular weight excluding hydrogens is 455 g/mol. The quantitative estimate of drug-likeness (QED) is 0.287. The highest BCUT2D eigenvalue weighted by Gasteiger charge is 2.15. The van der Waals surface area contributed by atoms with Crippen molar-refractivity contribution in [3.63, 3.8) is 0 Å². The lowest BCUT2D eigenvalue weighted by Gasteiger charge is -2.14. The summed E-state index contributed by atoms with van der Waals surface area (Å²) in [6.45, 7) is 0.354. The van der Waals surface area contributed by atoms with Gasteiger partial charge >= 0.3 is 5.97 Å². The summed E-state index contributed by atoms with van der Waals surface area (Å²) in [4.78, 5) is 29.3. The smallest absolute Gasteiger partial charge is 0.335 e. The van der Waals surface area contributed by atoms with Crippen molar-refractivity contribution < 1.29 is 9.90 Å². The third-order valence-electron chi connectivity index (χ3n) is 4.70. The first-order valence-electron chi connectivity index (χ1n) is 9.31. The lowest BCUT2D eigenvalue weighted by atomic mass is 10.1. The average Bonchev–Trinajstić information content (AvgIpc) is 2.77. The molecule has 0 fully saturated rings. The second-order valence-corrected chi connectivity index (χ2v) is 8.60. The van der Waals surface area contributed by atoms with Crippen LogP contribution in [-0.4, -0.2) is 20.6 Å². The molecule has 4 rings (SSSR count). The number of carbonyl (C=O) groups is 1. The number of benzene rings is 3. The van der Waals surface area contributed by atoms with Gasteiger partial charge in [0.05, 0.1) is 33.1 Å². The molecule has 156 valence electrons. The topological polar surface area (TPSA) is 72.2 Å². The standard InChI is InChI=1S/C23H16Cl2N2O3S/c24-18-9-6-15(10-19(18)25)13-31-23-26-20-11-16(22(29)30)7-8-17(20)21(28)27(23)12-14-4-2-1-3-5-14/h1-11H,12-13H2,(H,29,30). The highest BCUT2D eigenvalue weighted by atomic mass is 35.5. The SMILES string of the molecule is O=C(O)c1ccc2c(=O)n(Cc3ccccc3)c(SCc3ccc(Cl)c(Cl)c3)nc2c1. The minimum atomic E-state index is -1.07.